The van der Waals surface area contributed by atoms with Gasteiger partial charge in [-0.05, 0) is 19.1 Å². The van der Waals surface area contributed by atoms with Gasteiger partial charge in [-0.15, -0.1) is 11.6 Å². The number of hydrogen-bond acceptors (Lipinski definition) is 2. The van der Waals surface area contributed by atoms with Crippen molar-refractivity contribution >= 4 is 28.9 Å². The summed E-state index contributed by atoms with van der Waals surface area (Å²) in [6, 6.07) is 7.88. The monoisotopic (exact) mass is 256 g/mol. The Labute approximate surface area is 106 Å². The van der Waals surface area contributed by atoms with Crippen molar-refractivity contribution in [1.29, 1.82) is 5.26 Å². The third kappa shape index (κ3) is 3.04. The highest BCUT2D eigenvalue weighted by Crippen LogP contribution is 2.29. The molecule has 0 aliphatic heterocycles. The van der Waals surface area contributed by atoms with Gasteiger partial charge in [0, 0.05) is 29.4 Å². The zero-order valence-electron chi connectivity index (χ0n) is 9.21. The third-order valence-electron chi connectivity index (χ3n) is 2.44. The Morgan fingerprint density at radius 3 is 2.75 bits per heavy atom. The largest absolute Gasteiger partial charge is 0.370 e. The number of nitrogens with zero attached hydrogens (tertiary/aromatic N) is 2. The summed E-state index contributed by atoms with van der Waals surface area (Å²) < 4.78 is 0. The minimum absolute atomic E-state index is 0.387. The van der Waals surface area contributed by atoms with Gasteiger partial charge in [-0.3, -0.25) is 0 Å². The normalized spacial score (nSPS) is 9.88. The SMILES string of the molecule is CCN(CCC#N)c1cccc(Cl)c1CCl. The minimum atomic E-state index is 0.387. The lowest BCUT2D eigenvalue weighted by Gasteiger charge is -2.24. The molecule has 0 saturated carbocycles. The maximum Gasteiger partial charge on any atom is 0.0640 e. The fourth-order valence-corrected chi connectivity index (χ4v) is 2.20. The molecule has 1 rings (SSSR count). The molecule has 0 bridgehead atoms. The zero-order chi connectivity index (χ0) is 12.0. The van der Waals surface area contributed by atoms with Crippen LogP contribution in [0.1, 0.15) is 18.9 Å². The molecule has 0 aromatic heterocycles. The van der Waals surface area contributed by atoms with Gasteiger partial charge in [0.05, 0.1) is 18.4 Å². The van der Waals surface area contributed by atoms with Gasteiger partial charge in [-0.25, -0.2) is 0 Å². The van der Waals surface area contributed by atoms with Crippen molar-refractivity contribution in [2.75, 3.05) is 18.0 Å². The molecule has 0 fully saturated rings. The summed E-state index contributed by atoms with van der Waals surface area (Å²) in [5.41, 5.74) is 1.96. The van der Waals surface area contributed by atoms with Crippen molar-refractivity contribution in [2.24, 2.45) is 0 Å². The molecular formula is C12H14Cl2N2. The van der Waals surface area contributed by atoms with Gasteiger partial charge < -0.3 is 4.90 Å². The second-order valence-corrected chi connectivity index (χ2v) is 4.03. The van der Waals surface area contributed by atoms with E-state index >= 15 is 0 Å². The third-order valence-corrected chi connectivity index (χ3v) is 3.07. The number of benzene rings is 1. The van der Waals surface area contributed by atoms with Gasteiger partial charge in [-0.2, -0.15) is 5.26 Å². The average molecular weight is 257 g/mol. The first kappa shape index (κ1) is 13.2. The van der Waals surface area contributed by atoms with E-state index in [2.05, 4.69) is 17.9 Å². The molecule has 0 aliphatic rings. The van der Waals surface area contributed by atoms with Gasteiger partial charge in [-0.1, -0.05) is 17.7 Å². The molecule has 0 amide bonds. The van der Waals surface area contributed by atoms with Crippen molar-refractivity contribution in [1.82, 2.24) is 0 Å². The quantitative estimate of drug-likeness (QED) is 0.750. The number of halogens is 2. The molecule has 0 N–H and O–H groups in total. The van der Waals surface area contributed by atoms with Crippen LogP contribution in [0.3, 0.4) is 0 Å². The number of hydrogen-bond donors (Lipinski definition) is 0. The van der Waals surface area contributed by atoms with Crippen LogP contribution in [0.2, 0.25) is 5.02 Å². The highest BCUT2D eigenvalue weighted by Gasteiger charge is 2.11. The minimum Gasteiger partial charge on any atom is -0.370 e. The highest BCUT2D eigenvalue weighted by atomic mass is 35.5. The first-order chi connectivity index (χ1) is 7.74. The van der Waals surface area contributed by atoms with E-state index in [0.29, 0.717) is 23.9 Å². The van der Waals surface area contributed by atoms with Crippen molar-refractivity contribution in [2.45, 2.75) is 19.2 Å². The Morgan fingerprint density at radius 2 is 2.19 bits per heavy atom. The van der Waals surface area contributed by atoms with Crippen LogP contribution in [0.4, 0.5) is 5.69 Å². The molecule has 0 saturated heterocycles. The molecule has 1 aromatic rings. The standard InChI is InChI=1S/C12H14Cl2N2/c1-2-16(8-4-7-15)12-6-3-5-11(14)10(12)9-13/h3,5-6H,2,4,8-9H2,1H3. The topological polar surface area (TPSA) is 27.0 Å². The van der Waals surface area contributed by atoms with Gasteiger partial charge in [0.1, 0.15) is 0 Å². The molecule has 0 heterocycles. The van der Waals surface area contributed by atoms with E-state index in [0.717, 1.165) is 17.8 Å². The van der Waals surface area contributed by atoms with E-state index in [1.54, 1.807) is 0 Å². The predicted octanol–water partition coefficient (Wildman–Crippen LogP) is 3.82. The van der Waals surface area contributed by atoms with Crippen molar-refractivity contribution < 1.29 is 0 Å². The van der Waals surface area contributed by atoms with Gasteiger partial charge >= 0.3 is 0 Å². The predicted molar refractivity (Wildman–Crippen MR) is 69.1 cm³/mol. The van der Waals surface area contributed by atoms with Gasteiger partial charge in [0.15, 0.2) is 0 Å². The Bertz CT molecular complexity index is 385. The summed E-state index contributed by atoms with van der Waals surface area (Å²) in [5, 5.41) is 9.29. The summed E-state index contributed by atoms with van der Waals surface area (Å²) in [6.07, 6.45) is 0.502. The Hall–Kier alpha value is -0.910. The second-order valence-electron chi connectivity index (χ2n) is 3.36. The molecule has 4 heteroatoms. The lowest BCUT2D eigenvalue weighted by molar-refractivity contribution is 0.823. The van der Waals surface area contributed by atoms with Crippen LogP contribution in [-0.2, 0) is 5.88 Å². The number of rotatable bonds is 5. The summed E-state index contributed by atoms with van der Waals surface area (Å²) in [6.45, 7) is 3.60. The maximum absolute atomic E-state index is 8.61. The summed E-state index contributed by atoms with van der Waals surface area (Å²) >= 11 is 12.0. The summed E-state index contributed by atoms with van der Waals surface area (Å²) in [5.74, 6) is 0.387. The van der Waals surface area contributed by atoms with E-state index in [4.69, 9.17) is 28.5 Å². The average Bonchev–Trinajstić information content (AvgIpc) is 2.30. The fraction of sp³-hybridized carbons (Fsp3) is 0.417. The van der Waals surface area contributed by atoms with Crippen LogP contribution in [0.25, 0.3) is 0 Å². The lowest BCUT2D eigenvalue weighted by atomic mass is 10.1. The van der Waals surface area contributed by atoms with Crippen LogP contribution >= 0.6 is 23.2 Å². The smallest absolute Gasteiger partial charge is 0.0640 e. The molecule has 16 heavy (non-hydrogen) atoms. The van der Waals surface area contributed by atoms with E-state index in [1.807, 2.05) is 18.2 Å². The van der Waals surface area contributed by atoms with Gasteiger partial charge in [0.25, 0.3) is 0 Å². The molecule has 0 spiro atoms. The van der Waals surface area contributed by atoms with Crippen LogP contribution in [0.15, 0.2) is 18.2 Å². The first-order valence-corrected chi connectivity index (χ1v) is 6.11. The first-order valence-electron chi connectivity index (χ1n) is 5.19. The molecule has 86 valence electrons. The number of nitriles is 1. The Morgan fingerprint density at radius 1 is 1.44 bits per heavy atom. The molecule has 1 aromatic carbocycles. The fourth-order valence-electron chi connectivity index (χ4n) is 1.61. The Balaban J connectivity index is 3.00. The highest BCUT2D eigenvalue weighted by molar-refractivity contribution is 6.32. The molecule has 0 radical (unpaired) electrons. The van der Waals surface area contributed by atoms with Crippen LogP contribution < -0.4 is 4.90 Å². The number of alkyl halides is 1. The maximum atomic E-state index is 8.61. The molecule has 0 unspecified atom stereocenters. The van der Waals surface area contributed by atoms with Crippen LogP contribution in [-0.4, -0.2) is 13.1 Å². The van der Waals surface area contributed by atoms with E-state index in [-0.39, 0.29) is 0 Å². The van der Waals surface area contributed by atoms with Crippen LogP contribution in [0, 0.1) is 11.3 Å². The van der Waals surface area contributed by atoms with Gasteiger partial charge in [0.2, 0.25) is 0 Å². The van der Waals surface area contributed by atoms with Crippen molar-refractivity contribution in [3.8, 4) is 6.07 Å². The number of anilines is 1. The summed E-state index contributed by atoms with van der Waals surface area (Å²) in [4.78, 5) is 2.12. The van der Waals surface area contributed by atoms with Crippen molar-refractivity contribution in [3.05, 3.63) is 28.8 Å². The summed E-state index contributed by atoms with van der Waals surface area (Å²) in [7, 11) is 0. The van der Waals surface area contributed by atoms with E-state index in [1.165, 1.54) is 0 Å². The molecular weight excluding hydrogens is 243 g/mol. The molecule has 0 atom stereocenters. The second kappa shape index (κ2) is 6.62. The van der Waals surface area contributed by atoms with Crippen LogP contribution in [0.5, 0.6) is 0 Å². The zero-order valence-corrected chi connectivity index (χ0v) is 10.7. The van der Waals surface area contributed by atoms with E-state index < -0.39 is 0 Å². The Kier molecular flexibility index (Phi) is 5.45. The molecule has 2 nitrogen and oxygen atoms in total. The van der Waals surface area contributed by atoms with Crippen molar-refractivity contribution in [3.63, 3.8) is 0 Å². The lowest BCUT2D eigenvalue weighted by Crippen LogP contribution is -2.24. The van der Waals surface area contributed by atoms with E-state index in [9.17, 15) is 0 Å². The molecule has 0 aliphatic carbocycles.